The first-order valence-corrected chi connectivity index (χ1v) is 6.59. The average Bonchev–Trinajstić information content (AvgIpc) is 2.74. The van der Waals surface area contributed by atoms with Crippen LogP contribution in [0.15, 0.2) is 34.7 Å². The molecule has 1 aromatic carbocycles. The Morgan fingerprint density at radius 2 is 2.05 bits per heavy atom. The minimum atomic E-state index is -0.510. The number of aryl methyl sites for hydroxylation is 1. The maximum Gasteiger partial charge on any atom is 0.123 e. The number of halogens is 1. The molecule has 1 unspecified atom stereocenters. The molecule has 0 aliphatic heterocycles. The number of hydrogen-bond acceptors (Lipinski definition) is 3. The highest BCUT2D eigenvalue weighted by Crippen LogP contribution is 2.29. The Balaban J connectivity index is 2.17. The number of aliphatic hydroxyl groups is 1. The molecule has 1 heterocycles. The zero-order valence-corrected chi connectivity index (χ0v) is 12.1. The fourth-order valence-electron chi connectivity index (χ4n) is 1.98. The molecule has 4 heteroatoms. The van der Waals surface area contributed by atoms with Crippen molar-refractivity contribution in [3.8, 4) is 0 Å². The van der Waals surface area contributed by atoms with E-state index in [0.29, 0.717) is 11.6 Å². The lowest BCUT2D eigenvalue weighted by Crippen LogP contribution is -2.16. The van der Waals surface area contributed by atoms with Crippen molar-refractivity contribution in [3.63, 3.8) is 0 Å². The van der Waals surface area contributed by atoms with Crippen LogP contribution in [0.3, 0.4) is 0 Å². The molecule has 0 radical (unpaired) electrons. The Bertz CT molecular complexity index is 563. The van der Waals surface area contributed by atoms with Crippen molar-refractivity contribution in [2.75, 3.05) is 11.9 Å². The fraction of sp³-hybridized carbons (Fsp3) is 0.333. The zero-order valence-electron chi connectivity index (χ0n) is 11.4. The van der Waals surface area contributed by atoms with Crippen molar-refractivity contribution < 1.29 is 9.52 Å². The predicted molar refractivity (Wildman–Crippen MR) is 77.6 cm³/mol. The SMILES string of the molecule is Cc1ccc(CN(C)c2ccc(C(C)O)cc2Cl)o1. The summed E-state index contributed by atoms with van der Waals surface area (Å²) in [5, 5.41) is 10.2. The Morgan fingerprint density at radius 3 is 2.58 bits per heavy atom. The number of hydrogen-bond donors (Lipinski definition) is 1. The molecule has 1 aromatic heterocycles. The monoisotopic (exact) mass is 279 g/mol. The summed E-state index contributed by atoms with van der Waals surface area (Å²) in [6, 6.07) is 9.51. The van der Waals surface area contributed by atoms with Crippen LogP contribution in [0.25, 0.3) is 0 Å². The Hall–Kier alpha value is -1.45. The number of aliphatic hydroxyl groups excluding tert-OH is 1. The third-order valence-corrected chi connectivity index (χ3v) is 3.36. The van der Waals surface area contributed by atoms with Gasteiger partial charge in [0.25, 0.3) is 0 Å². The van der Waals surface area contributed by atoms with Gasteiger partial charge in [-0.2, -0.15) is 0 Å². The maximum absolute atomic E-state index is 9.53. The molecule has 1 N–H and O–H groups in total. The standard InChI is InChI=1S/C15H18ClNO2/c1-10-4-6-13(19-10)9-17(3)15-7-5-12(11(2)18)8-14(15)16/h4-8,11,18H,9H2,1-3H3. The molecule has 0 spiro atoms. The highest BCUT2D eigenvalue weighted by molar-refractivity contribution is 6.33. The lowest BCUT2D eigenvalue weighted by Gasteiger charge is -2.20. The van der Waals surface area contributed by atoms with E-state index in [1.165, 1.54) is 0 Å². The van der Waals surface area contributed by atoms with E-state index in [1.54, 1.807) is 13.0 Å². The summed E-state index contributed by atoms with van der Waals surface area (Å²) >= 11 is 6.26. The molecule has 0 saturated carbocycles. The fourth-order valence-corrected chi connectivity index (χ4v) is 2.31. The van der Waals surface area contributed by atoms with Gasteiger partial charge in [0.05, 0.1) is 23.4 Å². The van der Waals surface area contributed by atoms with Crippen molar-refractivity contribution in [1.29, 1.82) is 0 Å². The van der Waals surface area contributed by atoms with Crippen LogP contribution in [-0.4, -0.2) is 12.2 Å². The van der Waals surface area contributed by atoms with Crippen LogP contribution < -0.4 is 4.90 Å². The highest BCUT2D eigenvalue weighted by atomic mass is 35.5. The highest BCUT2D eigenvalue weighted by Gasteiger charge is 2.11. The van der Waals surface area contributed by atoms with E-state index in [-0.39, 0.29) is 0 Å². The van der Waals surface area contributed by atoms with E-state index < -0.39 is 6.10 Å². The molecule has 0 bridgehead atoms. The zero-order chi connectivity index (χ0) is 14.0. The van der Waals surface area contributed by atoms with E-state index in [9.17, 15) is 5.11 Å². The normalized spacial score (nSPS) is 12.5. The number of anilines is 1. The van der Waals surface area contributed by atoms with Gasteiger partial charge in [-0.25, -0.2) is 0 Å². The molecule has 0 fully saturated rings. The second-order valence-corrected chi connectivity index (χ2v) is 5.16. The van der Waals surface area contributed by atoms with Gasteiger partial charge >= 0.3 is 0 Å². The van der Waals surface area contributed by atoms with Crippen LogP contribution in [0.5, 0.6) is 0 Å². The smallest absolute Gasteiger partial charge is 0.123 e. The van der Waals surface area contributed by atoms with Gasteiger partial charge in [0.15, 0.2) is 0 Å². The van der Waals surface area contributed by atoms with E-state index >= 15 is 0 Å². The molecule has 0 aliphatic carbocycles. The predicted octanol–water partition coefficient (Wildman–Crippen LogP) is 3.93. The van der Waals surface area contributed by atoms with Crippen molar-refractivity contribution in [2.24, 2.45) is 0 Å². The molecule has 2 rings (SSSR count). The van der Waals surface area contributed by atoms with Gasteiger partial charge in [0.1, 0.15) is 11.5 Å². The topological polar surface area (TPSA) is 36.6 Å². The molecular weight excluding hydrogens is 262 g/mol. The summed E-state index contributed by atoms with van der Waals surface area (Å²) < 4.78 is 5.55. The van der Waals surface area contributed by atoms with Gasteiger partial charge < -0.3 is 14.4 Å². The summed E-state index contributed by atoms with van der Waals surface area (Å²) in [4.78, 5) is 2.02. The first kappa shape index (κ1) is 14.0. The molecular formula is C15H18ClNO2. The molecule has 3 nitrogen and oxygen atoms in total. The van der Waals surface area contributed by atoms with Gasteiger partial charge in [0, 0.05) is 7.05 Å². The lowest BCUT2D eigenvalue weighted by molar-refractivity contribution is 0.199. The van der Waals surface area contributed by atoms with Crippen LogP contribution in [0.4, 0.5) is 5.69 Å². The third kappa shape index (κ3) is 3.31. The van der Waals surface area contributed by atoms with Crippen LogP contribution in [0.2, 0.25) is 5.02 Å². The van der Waals surface area contributed by atoms with Gasteiger partial charge in [-0.1, -0.05) is 17.7 Å². The number of rotatable bonds is 4. The molecule has 0 aliphatic rings. The van der Waals surface area contributed by atoms with E-state index in [2.05, 4.69) is 0 Å². The number of nitrogens with zero attached hydrogens (tertiary/aromatic N) is 1. The molecule has 0 saturated heterocycles. The minimum Gasteiger partial charge on any atom is -0.464 e. The summed E-state index contributed by atoms with van der Waals surface area (Å²) in [5.41, 5.74) is 1.73. The molecule has 19 heavy (non-hydrogen) atoms. The largest absolute Gasteiger partial charge is 0.464 e. The van der Waals surface area contributed by atoms with Crippen molar-refractivity contribution in [2.45, 2.75) is 26.5 Å². The Labute approximate surface area is 118 Å². The summed E-state index contributed by atoms with van der Waals surface area (Å²) in [6.45, 7) is 4.30. The summed E-state index contributed by atoms with van der Waals surface area (Å²) in [6.07, 6.45) is -0.510. The average molecular weight is 280 g/mol. The molecule has 102 valence electrons. The van der Waals surface area contributed by atoms with Crippen LogP contribution in [0, 0.1) is 6.92 Å². The van der Waals surface area contributed by atoms with Crippen LogP contribution in [-0.2, 0) is 6.54 Å². The summed E-state index contributed by atoms with van der Waals surface area (Å²) in [7, 11) is 1.96. The number of benzene rings is 1. The molecule has 1 atom stereocenters. The first-order chi connectivity index (χ1) is 8.97. The van der Waals surface area contributed by atoms with Gasteiger partial charge in [-0.05, 0) is 43.7 Å². The van der Waals surface area contributed by atoms with Crippen LogP contribution in [0.1, 0.15) is 30.1 Å². The Morgan fingerprint density at radius 1 is 1.32 bits per heavy atom. The Kier molecular flexibility index (Phi) is 4.17. The van der Waals surface area contributed by atoms with Gasteiger partial charge in [-0.3, -0.25) is 0 Å². The summed E-state index contributed by atoms with van der Waals surface area (Å²) in [5.74, 6) is 1.80. The molecule has 2 aromatic rings. The second kappa shape index (κ2) is 5.68. The van der Waals surface area contributed by atoms with E-state index in [0.717, 1.165) is 22.8 Å². The van der Waals surface area contributed by atoms with Crippen molar-refractivity contribution in [3.05, 3.63) is 52.4 Å². The van der Waals surface area contributed by atoms with E-state index in [1.807, 2.05) is 43.1 Å². The minimum absolute atomic E-state index is 0.510. The number of furan rings is 1. The van der Waals surface area contributed by atoms with Crippen molar-refractivity contribution >= 4 is 17.3 Å². The molecule has 0 amide bonds. The van der Waals surface area contributed by atoms with Crippen LogP contribution >= 0.6 is 11.6 Å². The second-order valence-electron chi connectivity index (χ2n) is 4.76. The first-order valence-electron chi connectivity index (χ1n) is 6.21. The van der Waals surface area contributed by atoms with Crippen molar-refractivity contribution in [1.82, 2.24) is 0 Å². The lowest BCUT2D eigenvalue weighted by atomic mass is 10.1. The third-order valence-electron chi connectivity index (χ3n) is 3.05. The maximum atomic E-state index is 9.53. The van der Waals surface area contributed by atoms with E-state index in [4.69, 9.17) is 16.0 Å². The van der Waals surface area contributed by atoms with Gasteiger partial charge in [0.2, 0.25) is 0 Å². The van der Waals surface area contributed by atoms with Gasteiger partial charge in [-0.15, -0.1) is 0 Å². The quantitative estimate of drug-likeness (QED) is 0.921.